The molecule has 2 rings (SSSR count). The van der Waals surface area contributed by atoms with Crippen LogP contribution in [0.2, 0.25) is 0 Å². The molecule has 1 aliphatic rings. The van der Waals surface area contributed by atoms with Crippen LogP contribution >= 0.6 is 0 Å². The fourth-order valence-electron chi connectivity index (χ4n) is 2.48. The smallest absolute Gasteiger partial charge is 0.180 e. The first-order chi connectivity index (χ1) is 8.53. The summed E-state index contributed by atoms with van der Waals surface area (Å²) in [5, 5.41) is 3.36. The highest BCUT2D eigenvalue weighted by Gasteiger charge is 2.27. The summed E-state index contributed by atoms with van der Waals surface area (Å²) < 4.78 is 24.3. The number of benzene rings is 1. The van der Waals surface area contributed by atoms with Crippen LogP contribution in [0.3, 0.4) is 0 Å². The lowest BCUT2D eigenvalue weighted by Gasteiger charge is -2.34. The lowest BCUT2D eigenvalue weighted by Crippen LogP contribution is -2.34. The summed E-state index contributed by atoms with van der Waals surface area (Å²) in [6, 6.07) is 7.67. The summed E-state index contributed by atoms with van der Waals surface area (Å²) in [5.41, 5.74) is 0.767. The minimum absolute atomic E-state index is 0.215. The zero-order chi connectivity index (χ0) is 13.2. The zero-order valence-electron chi connectivity index (χ0n) is 11.0. The largest absolute Gasteiger partial charge is 0.381 e. The standard InChI is InChI=1S/C14H21NO2S/c1-3-8-18(16,17)14-7-5-4-6-13(14)15-12-9-11(2)10-12/h4-7,11-12,15H,3,8-10H2,1-2H3. The minimum atomic E-state index is -3.15. The minimum Gasteiger partial charge on any atom is -0.381 e. The molecule has 0 bridgehead atoms. The fraction of sp³-hybridized carbons (Fsp3) is 0.571. The van der Waals surface area contributed by atoms with E-state index in [1.807, 2.05) is 19.1 Å². The molecule has 0 aliphatic heterocycles. The monoisotopic (exact) mass is 267 g/mol. The molecule has 0 aromatic heterocycles. The van der Waals surface area contributed by atoms with Crippen LogP contribution < -0.4 is 5.32 Å². The Morgan fingerprint density at radius 2 is 1.94 bits per heavy atom. The zero-order valence-corrected chi connectivity index (χ0v) is 11.8. The SMILES string of the molecule is CCCS(=O)(=O)c1ccccc1NC1CC(C)C1. The highest BCUT2D eigenvalue weighted by atomic mass is 32.2. The Morgan fingerprint density at radius 1 is 1.28 bits per heavy atom. The van der Waals surface area contributed by atoms with Crippen molar-refractivity contribution in [2.24, 2.45) is 5.92 Å². The van der Waals surface area contributed by atoms with E-state index in [4.69, 9.17) is 0 Å². The normalized spacial score (nSPS) is 23.4. The maximum atomic E-state index is 12.2. The summed E-state index contributed by atoms with van der Waals surface area (Å²) in [6.45, 7) is 4.11. The van der Waals surface area contributed by atoms with Crippen molar-refractivity contribution in [3.05, 3.63) is 24.3 Å². The average molecular weight is 267 g/mol. The molecule has 18 heavy (non-hydrogen) atoms. The lowest BCUT2D eigenvalue weighted by molar-refractivity contribution is 0.309. The summed E-state index contributed by atoms with van der Waals surface area (Å²) in [5.74, 6) is 0.967. The molecule has 0 amide bonds. The first-order valence-electron chi connectivity index (χ1n) is 6.61. The second-order valence-corrected chi connectivity index (χ2v) is 7.31. The van der Waals surface area contributed by atoms with Crippen molar-refractivity contribution in [3.8, 4) is 0 Å². The van der Waals surface area contributed by atoms with Crippen LogP contribution in [0.4, 0.5) is 5.69 Å². The number of anilines is 1. The second-order valence-electron chi connectivity index (χ2n) is 5.23. The van der Waals surface area contributed by atoms with Gasteiger partial charge in [0.2, 0.25) is 0 Å². The van der Waals surface area contributed by atoms with E-state index in [1.165, 1.54) is 0 Å². The molecule has 1 fully saturated rings. The van der Waals surface area contributed by atoms with Gasteiger partial charge in [0, 0.05) is 6.04 Å². The molecule has 1 saturated carbocycles. The average Bonchev–Trinajstić information content (AvgIpc) is 2.27. The van der Waals surface area contributed by atoms with Gasteiger partial charge in [0.1, 0.15) is 0 Å². The van der Waals surface area contributed by atoms with Gasteiger partial charge in [-0.3, -0.25) is 0 Å². The molecule has 1 aliphatic carbocycles. The van der Waals surface area contributed by atoms with E-state index >= 15 is 0 Å². The van der Waals surface area contributed by atoms with Gasteiger partial charge in [0.25, 0.3) is 0 Å². The Morgan fingerprint density at radius 3 is 2.56 bits per heavy atom. The van der Waals surface area contributed by atoms with Crippen molar-refractivity contribution in [2.75, 3.05) is 11.1 Å². The molecule has 0 atom stereocenters. The van der Waals surface area contributed by atoms with Gasteiger partial charge in [0.05, 0.1) is 16.3 Å². The fourth-order valence-corrected chi connectivity index (χ4v) is 3.98. The van der Waals surface area contributed by atoms with Gasteiger partial charge in [-0.2, -0.15) is 0 Å². The third-order valence-electron chi connectivity index (χ3n) is 3.43. The first-order valence-corrected chi connectivity index (χ1v) is 8.26. The van der Waals surface area contributed by atoms with E-state index in [0.717, 1.165) is 24.4 Å². The molecule has 1 aromatic rings. The highest BCUT2D eigenvalue weighted by Crippen LogP contribution is 2.32. The molecular weight excluding hydrogens is 246 g/mol. The van der Waals surface area contributed by atoms with Gasteiger partial charge < -0.3 is 5.32 Å². The molecule has 0 heterocycles. The van der Waals surface area contributed by atoms with Crippen LogP contribution in [0.25, 0.3) is 0 Å². The van der Waals surface area contributed by atoms with Crippen LogP contribution in [0.1, 0.15) is 33.1 Å². The summed E-state index contributed by atoms with van der Waals surface area (Å²) >= 11 is 0. The van der Waals surface area contributed by atoms with E-state index in [1.54, 1.807) is 12.1 Å². The van der Waals surface area contributed by atoms with Crippen LogP contribution in [0.5, 0.6) is 0 Å². The number of hydrogen-bond donors (Lipinski definition) is 1. The van der Waals surface area contributed by atoms with Gasteiger partial charge in [-0.05, 0) is 37.3 Å². The second kappa shape index (κ2) is 5.31. The maximum Gasteiger partial charge on any atom is 0.180 e. The number of sulfone groups is 1. The van der Waals surface area contributed by atoms with Crippen molar-refractivity contribution in [3.63, 3.8) is 0 Å². The van der Waals surface area contributed by atoms with Gasteiger partial charge in [-0.1, -0.05) is 26.0 Å². The molecule has 1 N–H and O–H groups in total. The predicted octanol–water partition coefficient (Wildman–Crippen LogP) is 3.08. The maximum absolute atomic E-state index is 12.2. The van der Waals surface area contributed by atoms with Crippen molar-refractivity contribution < 1.29 is 8.42 Å². The molecule has 0 saturated heterocycles. The van der Waals surface area contributed by atoms with Crippen LogP contribution in [-0.2, 0) is 9.84 Å². The molecule has 0 radical (unpaired) electrons. The third kappa shape index (κ3) is 2.86. The van der Waals surface area contributed by atoms with Gasteiger partial charge >= 0.3 is 0 Å². The highest BCUT2D eigenvalue weighted by molar-refractivity contribution is 7.91. The van der Waals surface area contributed by atoms with Gasteiger partial charge in [0.15, 0.2) is 9.84 Å². The number of para-hydroxylation sites is 1. The molecule has 4 heteroatoms. The molecule has 0 spiro atoms. The van der Waals surface area contributed by atoms with Crippen molar-refractivity contribution in [1.82, 2.24) is 0 Å². The summed E-state index contributed by atoms with van der Waals surface area (Å²) in [6.07, 6.45) is 2.90. The van der Waals surface area contributed by atoms with Crippen molar-refractivity contribution in [1.29, 1.82) is 0 Å². The van der Waals surface area contributed by atoms with E-state index in [0.29, 0.717) is 17.4 Å². The Kier molecular flexibility index (Phi) is 3.95. The Hall–Kier alpha value is -1.03. The third-order valence-corrected chi connectivity index (χ3v) is 5.40. The van der Waals surface area contributed by atoms with Crippen LogP contribution in [-0.4, -0.2) is 20.2 Å². The molecular formula is C14H21NO2S. The summed E-state index contributed by atoms with van der Waals surface area (Å²) in [4.78, 5) is 0.450. The number of rotatable bonds is 5. The number of nitrogens with one attached hydrogen (secondary N) is 1. The molecule has 0 unspecified atom stereocenters. The van der Waals surface area contributed by atoms with E-state index < -0.39 is 9.84 Å². The topological polar surface area (TPSA) is 46.2 Å². The van der Waals surface area contributed by atoms with E-state index in [9.17, 15) is 8.42 Å². The quantitative estimate of drug-likeness (QED) is 0.891. The number of hydrogen-bond acceptors (Lipinski definition) is 3. The lowest BCUT2D eigenvalue weighted by atomic mass is 9.82. The van der Waals surface area contributed by atoms with E-state index in [-0.39, 0.29) is 5.75 Å². The molecule has 100 valence electrons. The molecule has 1 aromatic carbocycles. The summed E-state index contributed by atoms with van der Waals surface area (Å²) in [7, 11) is -3.15. The Balaban J connectivity index is 2.20. The van der Waals surface area contributed by atoms with Crippen molar-refractivity contribution >= 4 is 15.5 Å². The van der Waals surface area contributed by atoms with Crippen molar-refractivity contribution in [2.45, 2.75) is 44.0 Å². The molecule has 3 nitrogen and oxygen atoms in total. The Labute approximate surface area is 110 Å². The van der Waals surface area contributed by atoms with E-state index in [2.05, 4.69) is 12.2 Å². The van der Waals surface area contributed by atoms with Gasteiger partial charge in [-0.25, -0.2) is 8.42 Å². The van der Waals surface area contributed by atoms with Crippen LogP contribution in [0.15, 0.2) is 29.2 Å². The predicted molar refractivity (Wildman–Crippen MR) is 74.6 cm³/mol. The first kappa shape index (κ1) is 13.4. The Bertz CT molecular complexity index is 504. The van der Waals surface area contributed by atoms with Crippen LogP contribution in [0, 0.1) is 5.92 Å². The van der Waals surface area contributed by atoms with Gasteiger partial charge in [-0.15, -0.1) is 0 Å².